The van der Waals surface area contributed by atoms with Crippen LogP contribution in [0.5, 0.6) is 11.5 Å². The summed E-state index contributed by atoms with van der Waals surface area (Å²) in [5.41, 5.74) is 1.61. The summed E-state index contributed by atoms with van der Waals surface area (Å²) in [6.45, 7) is 4.53. The highest BCUT2D eigenvalue weighted by Crippen LogP contribution is 2.24. The molecule has 0 saturated carbocycles. The number of esters is 1. The summed E-state index contributed by atoms with van der Waals surface area (Å²) in [5.74, 6) is -1.13. The summed E-state index contributed by atoms with van der Waals surface area (Å²) in [4.78, 5) is 26.8. The minimum atomic E-state index is -1.04. The molecule has 0 aliphatic carbocycles. The Morgan fingerprint density at radius 1 is 1.14 bits per heavy atom. The number of hydrogen-bond donors (Lipinski definition) is 2. The Balaban J connectivity index is 1.56. The molecule has 1 saturated heterocycles. The van der Waals surface area contributed by atoms with Crippen molar-refractivity contribution in [1.29, 1.82) is 0 Å². The van der Waals surface area contributed by atoms with Crippen LogP contribution in [0.15, 0.2) is 42.5 Å². The summed E-state index contributed by atoms with van der Waals surface area (Å²) >= 11 is 0. The number of benzene rings is 2. The van der Waals surface area contributed by atoms with Crippen molar-refractivity contribution in [2.45, 2.75) is 13.0 Å². The molecule has 0 radical (unpaired) electrons. The zero-order valence-corrected chi connectivity index (χ0v) is 16.4. The lowest BCUT2D eigenvalue weighted by Gasteiger charge is -2.28. The third-order valence-corrected chi connectivity index (χ3v) is 4.59. The molecule has 0 spiro atoms. The maximum Gasteiger partial charge on any atom is 0.342 e. The van der Waals surface area contributed by atoms with Crippen molar-refractivity contribution in [3.8, 4) is 11.5 Å². The molecule has 0 bridgehead atoms. The molecule has 2 N–H and O–H groups in total. The van der Waals surface area contributed by atoms with Crippen LogP contribution in [-0.4, -0.2) is 56.5 Å². The Kier molecular flexibility index (Phi) is 6.56. The predicted octanol–water partition coefficient (Wildman–Crippen LogP) is 2.42. The monoisotopic (exact) mass is 400 g/mol. The maximum absolute atomic E-state index is 12.4. The van der Waals surface area contributed by atoms with Crippen molar-refractivity contribution in [2.75, 3.05) is 43.6 Å². The van der Waals surface area contributed by atoms with Crippen LogP contribution in [0.4, 0.5) is 11.4 Å². The van der Waals surface area contributed by atoms with E-state index in [0.717, 1.165) is 18.8 Å². The smallest absolute Gasteiger partial charge is 0.342 e. The van der Waals surface area contributed by atoms with Crippen LogP contribution in [-0.2, 0) is 14.3 Å². The first-order chi connectivity index (χ1) is 14.0. The van der Waals surface area contributed by atoms with Gasteiger partial charge in [0.15, 0.2) is 6.10 Å². The minimum absolute atomic E-state index is 0.0414. The molecule has 1 atom stereocenters. The molecule has 1 aliphatic rings. The van der Waals surface area contributed by atoms with Gasteiger partial charge in [0.05, 0.1) is 20.3 Å². The molecule has 2 aromatic rings. The van der Waals surface area contributed by atoms with Crippen LogP contribution in [0.25, 0.3) is 0 Å². The van der Waals surface area contributed by atoms with E-state index in [4.69, 9.17) is 14.2 Å². The highest BCUT2D eigenvalue weighted by molar-refractivity contribution is 5.98. The van der Waals surface area contributed by atoms with Crippen LogP contribution < -0.4 is 15.0 Å². The first-order valence-electron chi connectivity index (χ1n) is 9.29. The zero-order valence-electron chi connectivity index (χ0n) is 16.4. The summed E-state index contributed by atoms with van der Waals surface area (Å²) in [6, 6.07) is 11.7. The summed E-state index contributed by atoms with van der Waals surface area (Å²) < 4.78 is 15.5. The fraction of sp³-hybridized carbons (Fsp3) is 0.333. The van der Waals surface area contributed by atoms with Gasteiger partial charge in [0.25, 0.3) is 5.91 Å². The van der Waals surface area contributed by atoms with Crippen molar-refractivity contribution in [3.63, 3.8) is 0 Å². The van der Waals surface area contributed by atoms with E-state index in [1.807, 2.05) is 12.1 Å². The molecular formula is C21H24N2O6. The molecule has 1 aliphatic heterocycles. The highest BCUT2D eigenvalue weighted by Gasteiger charge is 2.21. The zero-order chi connectivity index (χ0) is 20.8. The van der Waals surface area contributed by atoms with Crippen LogP contribution >= 0.6 is 0 Å². The van der Waals surface area contributed by atoms with E-state index in [-0.39, 0.29) is 11.3 Å². The van der Waals surface area contributed by atoms with Crippen LogP contribution in [0, 0.1) is 0 Å². The van der Waals surface area contributed by atoms with Gasteiger partial charge in [-0.2, -0.15) is 0 Å². The molecule has 8 nitrogen and oxygen atoms in total. The normalized spacial score (nSPS) is 14.8. The first kappa shape index (κ1) is 20.5. The number of hydrogen-bond acceptors (Lipinski definition) is 7. The van der Waals surface area contributed by atoms with Gasteiger partial charge in [-0.1, -0.05) is 0 Å². The van der Waals surface area contributed by atoms with Gasteiger partial charge in [-0.15, -0.1) is 0 Å². The topological polar surface area (TPSA) is 97.3 Å². The number of phenolic OH excluding ortho intramolecular Hbond substituents is 1. The number of carbonyl (C=O) groups is 2. The molecule has 0 aromatic heterocycles. The van der Waals surface area contributed by atoms with Gasteiger partial charge in [-0.3, -0.25) is 4.79 Å². The standard InChI is InChI=1S/C21H24N2O6/c1-14(29-21(26)18-8-7-17(27-2)13-19(18)24)20(25)22-15-3-5-16(6-4-15)23-9-11-28-12-10-23/h3-8,13-14,24H,9-12H2,1-2H3,(H,22,25)/t14-/m1/s1. The first-order valence-corrected chi connectivity index (χ1v) is 9.29. The van der Waals surface area contributed by atoms with Crippen LogP contribution in [0.2, 0.25) is 0 Å². The number of phenols is 1. The van der Waals surface area contributed by atoms with Gasteiger partial charge < -0.3 is 29.5 Å². The van der Waals surface area contributed by atoms with Crippen molar-refractivity contribution in [2.24, 2.45) is 0 Å². The number of anilines is 2. The number of nitrogens with one attached hydrogen (secondary N) is 1. The largest absolute Gasteiger partial charge is 0.507 e. The number of carbonyl (C=O) groups excluding carboxylic acids is 2. The third kappa shape index (κ3) is 5.17. The van der Waals surface area contributed by atoms with Crippen molar-refractivity contribution in [3.05, 3.63) is 48.0 Å². The second-order valence-corrected chi connectivity index (χ2v) is 6.57. The van der Waals surface area contributed by atoms with Gasteiger partial charge in [0.1, 0.15) is 17.1 Å². The molecule has 0 unspecified atom stereocenters. The van der Waals surface area contributed by atoms with Gasteiger partial charge >= 0.3 is 5.97 Å². The van der Waals surface area contributed by atoms with Crippen molar-refractivity contribution < 1.29 is 28.9 Å². The number of amides is 1. The SMILES string of the molecule is COc1ccc(C(=O)O[C@H](C)C(=O)Nc2ccc(N3CCOCC3)cc2)c(O)c1. The van der Waals surface area contributed by atoms with E-state index in [9.17, 15) is 14.7 Å². The van der Waals surface area contributed by atoms with Crippen LogP contribution in [0.1, 0.15) is 17.3 Å². The van der Waals surface area contributed by atoms with E-state index >= 15 is 0 Å². The van der Waals surface area contributed by atoms with E-state index < -0.39 is 18.0 Å². The molecule has 3 rings (SSSR count). The molecule has 1 amide bonds. The quantitative estimate of drug-likeness (QED) is 0.719. The van der Waals surface area contributed by atoms with Crippen LogP contribution in [0.3, 0.4) is 0 Å². The van der Waals surface area contributed by atoms with Gasteiger partial charge in [-0.25, -0.2) is 4.79 Å². The lowest BCUT2D eigenvalue weighted by Crippen LogP contribution is -2.36. The number of nitrogens with zero attached hydrogens (tertiary/aromatic N) is 1. The third-order valence-electron chi connectivity index (χ3n) is 4.59. The predicted molar refractivity (Wildman–Crippen MR) is 108 cm³/mol. The number of morpholine rings is 1. The van der Waals surface area contributed by atoms with E-state index in [1.165, 1.54) is 32.2 Å². The Morgan fingerprint density at radius 2 is 1.83 bits per heavy atom. The molecule has 1 fully saturated rings. The Hall–Kier alpha value is -3.26. The summed E-state index contributed by atoms with van der Waals surface area (Å²) in [6.07, 6.45) is -1.04. The lowest BCUT2D eigenvalue weighted by atomic mass is 10.2. The van der Waals surface area contributed by atoms with Crippen molar-refractivity contribution in [1.82, 2.24) is 0 Å². The molecule has 2 aromatic carbocycles. The van der Waals surface area contributed by atoms with Crippen molar-refractivity contribution >= 4 is 23.3 Å². The molecule has 154 valence electrons. The minimum Gasteiger partial charge on any atom is -0.507 e. The molecule has 29 heavy (non-hydrogen) atoms. The van der Waals surface area contributed by atoms with Gasteiger partial charge in [-0.05, 0) is 43.3 Å². The van der Waals surface area contributed by atoms with E-state index in [0.29, 0.717) is 24.7 Å². The Labute approximate surface area is 169 Å². The van der Waals surface area contributed by atoms with Gasteiger partial charge in [0, 0.05) is 30.5 Å². The molecule has 1 heterocycles. The maximum atomic E-state index is 12.4. The number of ether oxygens (including phenoxy) is 3. The number of rotatable bonds is 6. The summed E-state index contributed by atoms with van der Waals surface area (Å²) in [5, 5.41) is 12.6. The lowest BCUT2D eigenvalue weighted by molar-refractivity contribution is -0.123. The Morgan fingerprint density at radius 3 is 2.45 bits per heavy atom. The van der Waals surface area contributed by atoms with Gasteiger partial charge in [0.2, 0.25) is 0 Å². The number of methoxy groups -OCH3 is 1. The highest BCUT2D eigenvalue weighted by atomic mass is 16.5. The average molecular weight is 400 g/mol. The van der Waals surface area contributed by atoms with E-state index in [2.05, 4.69) is 10.2 Å². The average Bonchev–Trinajstić information content (AvgIpc) is 2.74. The molecular weight excluding hydrogens is 376 g/mol. The fourth-order valence-corrected chi connectivity index (χ4v) is 2.91. The molecule has 8 heteroatoms. The second-order valence-electron chi connectivity index (χ2n) is 6.57. The Bertz CT molecular complexity index is 862. The van der Waals surface area contributed by atoms with E-state index in [1.54, 1.807) is 12.1 Å². The fourth-order valence-electron chi connectivity index (χ4n) is 2.91. The second kappa shape index (κ2) is 9.29. The number of aromatic hydroxyl groups is 1. The summed E-state index contributed by atoms with van der Waals surface area (Å²) in [7, 11) is 1.45.